The van der Waals surface area contributed by atoms with Crippen molar-refractivity contribution >= 4 is 21.1 Å². The normalized spacial score (nSPS) is 11.6. The van der Waals surface area contributed by atoms with Crippen LogP contribution in [0.5, 0.6) is 0 Å². The van der Waals surface area contributed by atoms with Gasteiger partial charge in [0, 0.05) is 0 Å². The highest BCUT2D eigenvalue weighted by Gasteiger charge is 2.16. The molecular weight excluding hydrogens is 325 g/mol. The Morgan fingerprint density at radius 2 is 1.71 bits per heavy atom. The van der Waals surface area contributed by atoms with Gasteiger partial charge in [-0.25, -0.2) is 0 Å². The summed E-state index contributed by atoms with van der Waals surface area (Å²) in [6.45, 7) is 5.68. The van der Waals surface area contributed by atoms with E-state index in [0.29, 0.717) is 0 Å². The average Bonchev–Trinajstić information content (AvgIpc) is 2.06. The summed E-state index contributed by atoms with van der Waals surface area (Å²) >= 11 is 5.76. The van der Waals surface area contributed by atoms with Crippen molar-refractivity contribution in [2.24, 2.45) is 0 Å². The summed E-state index contributed by atoms with van der Waals surface area (Å²) in [6, 6.07) is 0. The second kappa shape index (κ2) is 9.42. The van der Waals surface area contributed by atoms with Gasteiger partial charge < -0.3 is 28.5 Å². The molecular formula is C10H23ClINSi. The quantitative estimate of drug-likeness (QED) is 0.254. The second-order valence-corrected chi connectivity index (χ2v) is 6.14. The minimum absolute atomic E-state index is 0. The van der Waals surface area contributed by atoms with Gasteiger partial charge in [-0.15, -0.1) is 11.6 Å². The standard InChI is InChI=1S/C10H23ClNSi.HI/c1-5-10(6-2)13-9-12(3,4)8-7-11;/h10H,5-9H2,1-4H3;1H/q+1;/p-1. The Bertz CT molecular complexity index is 129. The van der Waals surface area contributed by atoms with E-state index in [9.17, 15) is 0 Å². The lowest BCUT2D eigenvalue weighted by atomic mass is 10.3. The van der Waals surface area contributed by atoms with Crippen LogP contribution in [-0.4, -0.2) is 46.7 Å². The zero-order valence-corrected chi connectivity index (χ0v) is 13.7. The van der Waals surface area contributed by atoms with Gasteiger partial charge in [0.2, 0.25) is 0 Å². The average molecular weight is 348 g/mol. The third-order valence-electron chi connectivity index (χ3n) is 2.48. The van der Waals surface area contributed by atoms with E-state index >= 15 is 0 Å². The van der Waals surface area contributed by atoms with Crippen LogP contribution in [0.25, 0.3) is 0 Å². The van der Waals surface area contributed by atoms with E-state index in [1.54, 1.807) is 0 Å². The predicted octanol–water partition coefficient (Wildman–Crippen LogP) is -0.424. The van der Waals surface area contributed by atoms with Crippen molar-refractivity contribution in [1.29, 1.82) is 0 Å². The van der Waals surface area contributed by atoms with E-state index < -0.39 is 0 Å². The molecule has 0 amide bonds. The molecule has 0 aromatic rings. The monoisotopic (exact) mass is 347 g/mol. The molecule has 0 bridgehead atoms. The summed E-state index contributed by atoms with van der Waals surface area (Å²) in [5.41, 5.74) is 0.938. The van der Waals surface area contributed by atoms with Gasteiger partial charge >= 0.3 is 0 Å². The molecule has 0 aromatic heterocycles. The van der Waals surface area contributed by atoms with E-state index in [4.69, 9.17) is 11.6 Å². The molecule has 0 unspecified atom stereocenters. The summed E-state index contributed by atoms with van der Waals surface area (Å²) in [5.74, 6) is 0.778. The number of rotatable bonds is 7. The molecule has 14 heavy (non-hydrogen) atoms. The van der Waals surface area contributed by atoms with Gasteiger partial charge in [0.25, 0.3) is 0 Å². The largest absolute Gasteiger partial charge is 1.00 e. The van der Waals surface area contributed by atoms with E-state index in [2.05, 4.69) is 27.9 Å². The molecule has 86 valence electrons. The fourth-order valence-corrected chi connectivity index (χ4v) is 3.21. The number of quaternary nitrogens is 1. The minimum atomic E-state index is 0. The van der Waals surface area contributed by atoms with Gasteiger partial charge in [-0.1, -0.05) is 26.7 Å². The first-order chi connectivity index (χ1) is 6.05. The third-order valence-corrected chi connectivity index (χ3v) is 5.08. The van der Waals surface area contributed by atoms with Crippen molar-refractivity contribution in [3.63, 3.8) is 0 Å². The molecule has 0 N–H and O–H groups in total. The zero-order valence-electron chi connectivity index (χ0n) is 9.82. The van der Waals surface area contributed by atoms with E-state index in [-0.39, 0.29) is 24.0 Å². The van der Waals surface area contributed by atoms with Crippen molar-refractivity contribution in [2.75, 3.05) is 32.7 Å². The maximum Gasteiger partial charge on any atom is 0.119 e. The number of nitrogens with zero attached hydrogens (tertiary/aromatic N) is 1. The summed E-state index contributed by atoms with van der Waals surface area (Å²) in [6.07, 6.45) is 3.95. The Morgan fingerprint density at radius 1 is 1.21 bits per heavy atom. The Morgan fingerprint density at radius 3 is 2.07 bits per heavy atom. The van der Waals surface area contributed by atoms with Gasteiger partial charge in [0.1, 0.15) is 9.52 Å². The summed E-state index contributed by atoms with van der Waals surface area (Å²) in [5, 5.41) is 0. The van der Waals surface area contributed by atoms with Crippen molar-refractivity contribution < 1.29 is 28.5 Å². The molecule has 0 saturated carbocycles. The maximum atomic E-state index is 5.76. The topological polar surface area (TPSA) is 0 Å². The van der Waals surface area contributed by atoms with Crippen LogP contribution in [0.15, 0.2) is 0 Å². The molecule has 0 atom stereocenters. The van der Waals surface area contributed by atoms with Gasteiger partial charge in [-0.2, -0.15) is 0 Å². The van der Waals surface area contributed by atoms with E-state index in [1.165, 1.54) is 19.0 Å². The van der Waals surface area contributed by atoms with Crippen molar-refractivity contribution in [1.82, 2.24) is 0 Å². The minimum Gasteiger partial charge on any atom is -1.00 e. The Labute approximate surface area is 114 Å². The molecule has 0 rings (SSSR count). The molecule has 0 fully saturated rings. The van der Waals surface area contributed by atoms with Crippen LogP contribution in [-0.2, 0) is 0 Å². The lowest BCUT2D eigenvalue weighted by Gasteiger charge is -2.30. The lowest BCUT2D eigenvalue weighted by molar-refractivity contribution is -0.877. The molecule has 0 spiro atoms. The first-order valence-electron chi connectivity index (χ1n) is 5.17. The SMILES string of the molecule is CCC(CC)[Si]C[N+](C)(C)CCCl.[I-]. The number of halogens is 2. The molecule has 0 aromatic carbocycles. The lowest BCUT2D eigenvalue weighted by Crippen LogP contribution is -3.00. The molecule has 1 nitrogen and oxygen atoms in total. The highest BCUT2D eigenvalue weighted by molar-refractivity contribution is 6.37. The van der Waals surface area contributed by atoms with Crippen LogP contribution in [0.2, 0.25) is 5.54 Å². The van der Waals surface area contributed by atoms with Gasteiger partial charge in [-0.3, -0.25) is 0 Å². The number of alkyl halides is 1. The van der Waals surface area contributed by atoms with Crippen LogP contribution in [0.3, 0.4) is 0 Å². The number of hydrogen-bond acceptors (Lipinski definition) is 0. The van der Waals surface area contributed by atoms with Crippen LogP contribution in [0.1, 0.15) is 26.7 Å². The fourth-order valence-electron chi connectivity index (χ4n) is 1.26. The summed E-state index contributed by atoms with van der Waals surface area (Å²) < 4.78 is 1.08. The van der Waals surface area contributed by atoms with E-state index in [0.717, 1.165) is 32.0 Å². The third kappa shape index (κ3) is 8.50. The molecule has 4 heteroatoms. The van der Waals surface area contributed by atoms with Crippen LogP contribution >= 0.6 is 11.6 Å². The van der Waals surface area contributed by atoms with E-state index in [1.807, 2.05) is 0 Å². The predicted molar refractivity (Wildman–Crippen MR) is 62.6 cm³/mol. The first-order valence-corrected chi connectivity index (χ1v) is 6.99. The smallest absolute Gasteiger partial charge is 0.119 e. The Kier molecular flexibility index (Phi) is 11.8. The number of hydrogen-bond donors (Lipinski definition) is 0. The second-order valence-electron chi connectivity index (χ2n) is 4.22. The van der Waals surface area contributed by atoms with Gasteiger partial charge in [0.15, 0.2) is 0 Å². The highest BCUT2D eigenvalue weighted by atomic mass is 127. The Balaban J connectivity index is 0. The molecule has 0 aliphatic rings. The van der Waals surface area contributed by atoms with Crippen molar-refractivity contribution in [3.8, 4) is 0 Å². The van der Waals surface area contributed by atoms with Crippen molar-refractivity contribution in [2.45, 2.75) is 32.2 Å². The zero-order chi connectivity index (χ0) is 10.3. The van der Waals surface area contributed by atoms with Crippen LogP contribution in [0.4, 0.5) is 0 Å². The summed E-state index contributed by atoms with van der Waals surface area (Å²) in [4.78, 5) is 0. The highest BCUT2D eigenvalue weighted by Crippen LogP contribution is 2.14. The molecule has 0 saturated heterocycles. The van der Waals surface area contributed by atoms with Gasteiger partial charge in [0.05, 0.1) is 32.7 Å². The Hall–Kier alpha value is 1.20. The summed E-state index contributed by atoms with van der Waals surface area (Å²) in [7, 11) is 5.65. The van der Waals surface area contributed by atoms with Gasteiger partial charge in [-0.05, 0) is 5.54 Å². The van der Waals surface area contributed by atoms with Crippen LogP contribution in [0, 0.1) is 0 Å². The molecule has 2 radical (unpaired) electrons. The molecule has 0 aliphatic heterocycles. The molecule has 0 aliphatic carbocycles. The molecule has 0 heterocycles. The fraction of sp³-hybridized carbons (Fsp3) is 1.00. The van der Waals surface area contributed by atoms with Crippen LogP contribution < -0.4 is 24.0 Å². The maximum absolute atomic E-state index is 5.76. The first kappa shape index (κ1) is 17.6. The van der Waals surface area contributed by atoms with Crippen molar-refractivity contribution in [3.05, 3.63) is 0 Å².